The average molecular weight is 281 g/mol. The van der Waals surface area contributed by atoms with Crippen LogP contribution in [0.3, 0.4) is 0 Å². The lowest BCUT2D eigenvalue weighted by atomic mass is 10.1. The van der Waals surface area contributed by atoms with E-state index in [1.807, 2.05) is 6.07 Å². The van der Waals surface area contributed by atoms with Gasteiger partial charge in [0.1, 0.15) is 10.8 Å². The van der Waals surface area contributed by atoms with E-state index < -0.39 is 0 Å². The minimum Gasteiger partial charge on any atom is -0.484 e. The fourth-order valence-electron chi connectivity index (χ4n) is 1.45. The number of Topliss-reactive ketones (excluding diaryl/α,β-unsaturated/α-hetero) is 1. The molecule has 0 aliphatic rings. The summed E-state index contributed by atoms with van der Waals surface area (Å²) >= 11 is 11.8. The minimum absolute atomic E-state index is 0.0654. The molecule has 2 aromatic carbocycles. The second-order valence-electron chi connectivity index (χ2n) is 3.63. The van der Waals surface area contributed by atoms with E-state index in [9.17, 15) is 4.79 Å². The molecule has 0 unspecified atom stereocenters. The van der Waals surface area contributed by atoms with Crippen LogP contribution in [0.1, 0.15) is 10.4 Å². The Hall–Kier alpha value is -1.51. The highest BCUT2D eigenvalue weighted by Gasteiger charge is 2.09. The molecule has 0 aromatic heterocycles. The summed E-state index contributed by atoms with van der Waals surface area (Å²) in [5.41, 5.74) is 0.607. The average Bonchev–Trinajstić information content (AvgIpc) is 2.41. The molecule has 0 radical (unpaired) electrons. The summed E-state index contributed by atoms with van der Waals surface area (Å²) in [5.74, 6) is 0.306. The lowest BCUT2D eigenvalue weighted by Gasteiger charge is -2.08. The molecule has 0 saturated carbocycles. The monoisotopic (exact) mass is 280 g/mol. The lowest BCUT2D eigenvalue weighted by molar-refractivity contribution is 0.0921. The summed E-state index contributed by atoms with van der Waals surface area (Å²) in [6.45, 7) is -0.0654. The first-order valence-electron chi connectivity index (χ1n) is 5.33. The van der Waals surface area contributed by atoms with Crippen LogP contribution in [-0.2, 0) is 0 Å². The smallest absolute Gasteiger partial charge is 0.200 e. The third-order valence-corrected chi connectivity index (χ3v) is 3.17. The van der Waals surface area contributed by atoms with Crippen molar-refractivity contribution in [3.63, 3.8) is 0 Å². The topological polar surface area (TPSA) is 26.3 Å². The van der Waals surface area contributed by atoms with E-state index in [1.165, 1.54) is 0 Å². The van der Waals surface area contributed by atoms with Gasteiger partial charge in [-0.1, -0.05) is 59.6 Å². The van der Waals surface area contributed by atoms with Crippen molar-refractivity contribution >= 4 is 29.0 Å². The van der Waals surface area contributed by atoms with Gasteiger partial charge in [-0.15, -0.1) is 0 Å². The SMILES string of the molecule is O=C(COc1cccc(Cl)c1Cl)c1ccccc1. The van der Waals surface area contributed by atoms with Crippen molar-refractivity contribution < 1.29 is 9.53 Å². The highest BCUT2D eigenvalue weighted by Crippen LogP contribution is 2.31. The largest absolute Gasteiger partial charge is 0.484 e. The molecule has 0 saturated heterocycles. The summed E-state index contributed by atoms with van der Waals surface area (Å²) in [6.07, 6.45) is 0. The van der Waals surface area contributed by atoms with E-state index in [2.05, 4.69) is 0 Å². The molecule has 2 nitrogen and oxygen atoms in total. The fourth-order valence-corrected chi connectivity index (χ4v) is 1.79. The van der Waals surface area contributed by atoms with Crippen molar-refractivity contribution in [2.24, 2.45) is 0 Å². The minimum atomic E-state index is -0.105. The number of ether oxygens (including phenoxy) is 1. The molecule has 0 heterocycles. The van der Waals surface area contributed by atoms with Crippen molar-refractivity contribution in [3.8, 4) is 5.75 Å². The number of rotatable bonds is 4. The Balaban J connectivity index is 2.04. The Bertz CT molecular complexity index is 553. The molecule has 0 fully saturated rings. The van der Waals surface area contributed by atoms with Crippen molar-refractivity contribution in [2.45, 2.75) is 0 Å². The first-order valence-corrected chi connectivity index (χ1v) is 6.09. The number of halogens is 2. The van der Waals surface area contributed by atoms with Gasteiger partial charge >= 0.3 is 0 Å². The van der Waals surface area contributed by atoms with E-state index in [0.717, 1.165) is 0 Å². The van der Waals surface area contributed by atoms with Crippen LogP contribution < -0.4 is 4.74 Å². The number of ketones is 1. The predicted molar refractivity (Wildman–Crippen MR) is 72.7 cm³/mol. The molecule has 2 aromatic rings. The summed E-state index contributed by atoms with van der Waals surface area (Å²) in [6, 6.07) is 14.0. The zero-order valence-electron chi connectivity index (χ0n) is 9.40. The van der Waals surface area contributed by atoms with E-state index in [-0.39, 0.29) is 12.4 Å². The highest BCUT2D eigenvalue weighted by atomic mass is 35.5. The second kappa shape index (κ2) is 5.89. The Morgan fingerprint density at radius 2 is 1.72 bits per heavy atom. The first-order chi connectivity index (χ1) is 8.68. The summed E-state index contributed by atoms with van der Waals surface area (Å²) < 4.78 is 5.37. The molecule has 0 spiro atoms. The van der Waals surface area contributed by atoms with Crippen LogP contribution in [0.25, 0.3) is 0 Å². The molecule has 4 heteroatoms. The third kappa shape index (κ3) is 3.03. The van der Waals surface area contributed by atoms with Gasteiger partial charge in [-0.3, -0.25) is 4.79 Å². The molecule has 0 aliphatic carbocycles. The number of hydrogen-bond acceptors (Lipinski definition) is 2. The first kappa shape index (κ1) is 12.9. The lowest BCUT2D eigenvalue weighted by Crippen LogP contribution is -2.11. The Morgan fingerprint density at radius 1 is 1.00 bits per heavy atom. The van der Waals surface area contributed by atoms with E-state index in [0.29, 0.717) is 21.4 Å². The number of carbonyl (C=O) groups excluding carboxylic acids is 1. The van der Waals surface area contributed by atoms with Crippen LogP contribution in [0.5, 0.6) is 5.75 Å². The predicted octanol–water partition coefficient (Wildman–Crippen LogP) is 4.26. The summed E-state index contributed by atoms with van der Waals surface area (Å²) in [4.78, 5) is 11.8. The maximum absolute atomic E-state index is 11.8. The van der Waals surface area contributed by atoms with Crippen LogP contribution in [0.4, 0.5) is 0 Å². The molecule has 0 N–H and O–H groups in total. The van der Waals surface area contributed by atoms with Gasteiger partial charge in [0.25, 0.3) is 0 Å². The molecule has 0 bridgehead atoms. The number of carbonyl (C=O) groups is 1. The van der Waals surface area contributed by atoms with Crippen LogP contribution in [0.2, 0.25) is 10.0 Å². The third-order valence-electron chi connectivity index (χ3n) is 2.37. The highest BCUT2D eigenvalue weighted by molar-refractivity contribution is 6.42. The van der Waals surface area contributed by atoms with Crippen LogP contribution in [0.15, 0.2) is 48.5 Å². The maximum Gasteiger partial charge on any atom is 0.200 e. The Labute approximate surface area is 115 Å². The molecular weight excluding hydrogens is 271 g/mol. The van der Waals surface area contributed by atoms with E-state index >= 15 is 0 Å². The van der Waals surface area contributed by atoms with Gasteiger partial charge in [0.2, 0.25) is 0 Å². The van der Waals surface area contributed by atoms with Gasteiger partial charge in [-0.2, -0.15) is 0 Å². The molecule has 2 rings (SSSR count). The van der Waals surface area contributed by atoms with Gasteiger partial charge in [-0.05, 0) is 12.1 Å². The van der Waals surface area contributed by atoms with Crippen molar-refractivity contribution in [1.82, 2.24) is 0 Å². The van der Waals surface area contributed by atoms with Crippen LogP contribution >= 0.6 is 23.2 Å². The van der Waals surface area contributed by atoms with E-state index in [4.69, 9.17) is 27.9 Å². The molecule has 0 amide bonds. The van der Waals surface area contributed by atoms with Gasteiger partial charge in [-0.25, -0.2) is 0 Å². The molecule has 18 heavy (non-hydrogen) atoms. The Morgan fingerprint density at radius 3 is 2.44 bits per heavy atom. The van der Waals surface area contributed by atoms with Gasteiger partial charge in [0, 0.05) is 5.56 Å². The fraction of sp³-hybridized carbons (Fsp3) is 0.0714. The zero-order chi connectivity index (χ0) is 13.0. The van der Waals surface area contributed by atoms with Gasteiger partial charge < -0.3 is 4.74 Å². The molecular formula is C14H10Cl2O2. The number of hydrogen-bond donors (Lipinski definition) is 0. The second-order valence-corrected chi connectivity index (χ2v) is 4.41. The van der Waals surface area contributed by atoms with Gasteiger partial charge in [0.05, 0.1) is 5.02 Å². The summed E-state index contributed by atoms with van der Waals surface area (Å²) in [5, 5.41) is 0.723. The number of benzene rings is 2. The van der Waals surface area contributed by atoms with Crippen LogP contribution in [-0.4, -0.2) is 12.4 Å². The van der Waals surface area contributed by atoms with Crippen molar-refractivity contribution in [1.29, 1.82) is 0 Å². The maximum atomic E-state index is 11.8. The summed E-state index contributed by atoms with van der Waals surface area (Å²) in [7, 11) is 0. The Kier molecular flexibility index (Phi) is 4.24. The molecule has 0 atom stereocenters. The molecule has 92 valence electrons. The van der Waals surface area contributed by atoms with Crippen LogP contribution in [0, 0.1) is 0 Å². The standard InChI is InChI=1S/C14H10Cl2O2/c15-11-7-4-8-13(14(11)16)18-9-12(17)10-5-2-1-3-6-10/h1-8H,9H2. The zero-order valence-corrected chi connectivity index (χ0v) is 10.9. The normalized spacial score (nSPS) is 10.1. The van der Waals surface area contributed by atoms with E-state index in [1.54, 1.807) is 42.5 Å². The quantitative estimate of drug-likeness (QED) is 0.783. The van der Waals surface area contributed by atoms with Crippen molar-refractivity contribution in [2.75, 3.05) is 6.61 Å². The van der Waals surface area contributed by atoms with Gasteiger partial charge in [0.15, 0.2) is 12.4 Å². The molecule has 0 aliphatic heterocycles. The van der Waals surface area contributed by atoms with Crippen molar-refractivity contribution in [3.05, 3.63) is 64.1 Å².